The predicted octanol–water partition coefficient (Wildman–Crippen LogP) is 1.59. The average Bonchev–Trinajstić information content (AvgIpc) is 2.46. The van der Waals surface area contributed by atoms with Gasteiger partial charge in [-0.15, -0.1) is 0 Å². The second-order valence-electron chi connectivity index (χ2n) is 4.37. The van der Waals surface area contributed by atoms with Gasteiger partial charge in [-0.1, -0.05) is 0 Å². The van der Waals surface area contributed by atoms with E-state index in [4.69, 9.17) is 9.47 Å². The number of fused-ring (bicyclic) bond motifs is 1. The molecule has 0 amide bonds. The molecule has 1 aromatic rings. The number of rotatable bonds is 4. The Morgan fingerprint density at radius 3 is 2.95 bits per heavy atom. The van der Waals surface area contributed by atoms with Gasteiger partial charge in [-0.3, -0.25) is 9.36 Å². The number of carbonyl (C=O) groups is 1. The molecule has 1 aliphatic heterocycles. The quantitative estimate of drug-likeness (QED) is 0.618. The predicted molar refractivity (Wildman–Crippen MR) is 73.3 cm³/mol. The van der Waals surface area contributed by atoms with Gasteiger partial charge in [0, 0.05) is 18.3 Å². The number of allylic oxidation sites excluding steroid dienone is 1. The van der Waals surface area contributed by atoms with Gasteiger partial charge in [-0.05, 0) is 26.7 Å². The van der Waals surface area contributed by atoms with Crippen LogP contribution in [0.15, 0.2) is 17.3 Å². The summed E-state index contributed by atoms with van der Waals surface area (Å²) in [6.45, 7) is 4.94. The second-order valence-corrected chi connectivity index (χ2v) is 4.37. The Morgan fingerprint density at radius 2 is 2.25 bits per heavy atom. The van der Waals surface area contributed by atoms with E-state index in [0.29, 0.717) is 19.0 Å². The Hall–Kier alpha value is -2.11. The lowest BCUT2D eigenvalue weighted by atomic mass is 10.1. The summed E-state index contributed by atoms with van der Waals surface area (Å²) in [5.74, 6) is -0.0519. The molecule has 2 heterocycles. The highest BCUT2D eigenvalue weighted by molar-refractivity contribution is 5.88. The van der Waals surface area contributed by atoms with Gasteiger partial charge in [0.2, 0.25) is 0 Å². The van der Waals surface area contributed by atoms with Gasteiger partial charge < -0.3 is 9.47 Å². The van der Waals surface area contributed by atoms with Crippen molar-refractivity contribution < 1.29 is 14.3 Å². The lowest BCUT2D eigenvalue weighted by Gasteiger charge is -2.20. The van der Waals surface area contributed by atoms with Crippen molar-refractivity contribution >= 4 is 11.5 Å². The summed E-state index contributed by atoms with van der Waals surface area (Å²) < 4.78 is 11.7. The molecule has 0 bridgehead atoms. The summed E-state index contributed by atoms with van der Waals surface area (Å²) in [6.07, 6.45) is 4.56. The number of nitrogens with zero attached hydrogens (tertiary/aromatic N) is 2. The lowest BCUT2D eigenvalue weighted by Crippen LogP contribution is -2.32. The van der Waals surface area contributed by atoms with Crippen molar-refractivity contribution in [1.29, 1.82) is 0 Å². The molecular weight excluding hydrogens is 260 g/mol. The molecule has 1 aromatic heterocycles. The Bertz CT molecular complexity index is 589. The first kappa shape index (κ1) is 14.3. The normalized spacial score (nSPS) is 15.8. The van der Waals surface area contributed by atoms with Gasteiger partial charge in [-0.2, -0.15) is 0 Å². The van der Waals surface area contributed by atoms with E-state index >= 15 is 0 Å². The SMILES string of the molecule is CCO/C=C1\CCCn2c1ncc(C(=O)OCC)c2=O. The van der Waals surface area contributed by atoms with Crippen molar-refractivity contribution in [2.24, 2.45) is 0 Å². The molecule has 0 radical (unpaired) electrons. The first-order valence-corrected chi connectivity index (χ1v) is 6.77. The molecule has 6 nitrogen and oxygen atoms in total. The van der Waals surface area contributed by atoms with Crippen LogP contribution in [0.25, 0.3) is 5.57 Å². The van der Waals surface area contributed by atoms with Crippen LogP contribution in [0, 0.1) is 0 Å². The van der Waals surface area contributed by atoms with Gasteiger partial charge in [-0.25, -0.2) is 9.78 Å². The number of ether oxygens (including phenoxy) is 2. The lowest BCUT2D eigenvalue weighted by molar-refractivity contribution is 0.0522. The summed E-state index contributed by atoms with van der Waals surface area (Å²) in [4.78, 5) is 28.2. The van der Waals surface area contributed by atoms with E-state index in [9.17, 15) is 9.59 Å². The van der Waals surface area contributed by atoms with Crippen molar-refractivity contribution in [3.63, 3.8) is 0 Å². The third-order valence-electron chi connectivity index (χ3n) is 3.05. The van der Waals surface area contributed by atoms with Crippen molar-refractivity contribution in [3.05, 3.63) is 34.2 Å². The zero-order chi connectivity index (χ0) is 14.5. The Labute approximate surface area is 117 Å². The van der Waals surface area contributed by atoms with Crippen LogP contribution in [-0.2, 0) is 16.0 Å². The molecular formula is C14H18N2O4. The van der Waals surface area contributed by atoms with Gasteiger partial charge >= 0.3 is 5.97 Å². The highest BCUT2D eigenvalue weighted by atomic mass is 16.5. The van der Waals surface area contributed by atoms with Crippen LogP contribution < -0.4 is 5.56 Å². The first-order chi connectivity index (χ1) is 9.69. The Kier molecular flexibility index (Phi) is 4.55. The van der Waals surface area contributed by atoms with Crippen molar-refractivity contribution in [2.75, 3.05) is 13.2 Å². The van der Waals surface area contributed by atoms with E-state index in [1.807, 2.05) is 6.92 Å². The first-order valence-electron chi connectivity index (χ1n) is 6.77. The van der Waals surface area contributed by atoms with Crippen LogP contribution in [0.2, 0.25) is 0 Å². The van der Waals surface area contributed by atoms with Crippen LogP contribution >= 0.6 is 0 Å². The van der Waals surface area contributed by atoms with E-state index in [0.717, 1.165) is 18.4 Å². The average molecular weight is 278 g/mol. The summed E-state index contributed by atoms with van der Waals surface area (Å²) in [7, 11) is 0. The highest BCUT2D eigenvalue weighted by Crippen LogP contribution is 2.22. The second kappa shape index (κ2) is 6.36. The Morgan fingerprint density at radius 1 is 1.45 bits per heavy atom. The fraction of sp³-hybridized carbons (Fsp3) is 0.500. The van der Waals surface area contributed by atoms with Crippen LogP contribution in [0.3, 0.4) is 0 Å². The molecule has 20 heavy (non-hydrogen) atoms. The molecule has 1 aliphatic rings. The van der Waals surface area contributed by atoms with E-state index in [1.165, 1.54) is 10.8 Å². The summed E-state index contributed by atoms with van der Waals surface area (Å²) in [5, 5.41) is 0. The topological polar surface area (TPSA) is 70.4 Å². The third-order valence-corrected chi connectivity index (χ3v) is 3.05. The maximum absolute atomic E-state index is 12.3. The van der Waals surface area contributed by atoms with E-state index in [1.54, 1.807) is 13.2 Å². The van der Waals surface area contributed by atoms with Gasteiger partial charge in [0.1, 0.15) is 11.4 Å². The van der Waals surface area contributed by atoms with Crippen molar-refractivity contribution in [3.8, 4) is 0 Å². The van der Waals surface area contributed by atoms with Crippen molar-refractivity contribution in [2.45, 2.75) is 33.2 Å². The van der Waals surface area contributed by atoms with E-state index < -0.39 is 5.97 Å². The largest absolute Gasteiger partial charge is 0.501 e. The van der Waals surface area contributed by atoms with Crippen LogP contribution in [0.4, 0.5) is 0 Å². The molecule has 6 heteroatoms. The smallest absolute Gasteiger partial charge is 0.345 e. The van der Waals surface area contributed by atoms with Gasteiger partial charge in [0.25, 0.3) is 5.56 Å². The number of hydrogen-bond donors (Lipinski definition) is 0. The zero-order valence-electron chi connectivity index (χ0n) is 11.7. The molecule has 0 spiro atoms. The Balaban J connectivity index is 2.43. The summed E-state index contributed by atoms with van der Waals surface area (Å²) >= 11 is 0. The minimum atomic E-state index is -0.624. The molecule has 0 aliphatic carbocycles. The van der Waals surface area contributed by atoms with E-state index in [2.05, 4.69) is 4.98 Å². The molecule has 0 unspecified atom stereocenters. The maximum Gasteiger partial charge on any atom is 0.345 e. The molecule has 108 valence electrons. The molecule has 0 saturated carbocycles. The molecule has 0 aromatic carbocycles. The van der Waals surface area contributed by atoms with Gasteiger partial charge in [0.15, 0.2) is 0 Å². The number of carbonyl (C=O) groups excluding carboxylic acids is 1. The number of esters is 1. The molecule has 0 atom stereocenters. The van der Waals surface area contributed by atoms with Crippen LogP contribution in [0.1, 0.15) is 42.9 Å². The fourth-order valence-electron chi connectivity index (χ4n) is 2.14. The minimum absolute atomic E-state index is 0.0201. The minimum Gasteiger partial charge on any atom is -0.501 e. The summed E-state index contributed by atoms with van der Waals surface area (Å²) in [6, 6.07) is 0. The molecule has 0 fully saturated rings. The van der Waals surface area contributed by atoms with Crippen LogP contribution in [-0.4, -0.2) is 28.7 Å². The van der Waals surface area contributed by atoms with Crippen molar-refractivity contribution in [1.82, 2.24) is 9.55 Å². The highest BCUT2D eigenvalue weighted by Gasteiger charge is 2.22. The maximum atomic E-state index is 12.3. The third kappa shape index (κ3) is 2.74. The zero-order valence-corrected chi connectivity index (χ0v) is 11.7. The van der Waals surface area contributed by atoms with Gasteiger partial charge in [0.05, 0.1) is 19.5 Å². The van der Waals surface area contributed by atoms with Crippen LogP contribution in [0.5, 0.6) is 0 Å². The standard InChI is InChI=1S/C14H18N2O4/c1-3-19-9-10-6-5-7-16-12(10)15-8-11(13(16)17)14(18)20-4-2/h8-9H,3-7H2,1-2H3/b10-9+. The monoisotopic (exact) mass is 278 g/mol. The molecule has 0 saturated heterocycles. The van der Waals surface area contributed by atoms with E-state index in [-0.39, 0.29) is 17.7 Å². The number of aromatic nitrogens is 2. The summed E-state index contributed by atoms with van der Waals surface area (Å²) in [5.41, 5.74) is 0.509. The molecule has 0 N–H and O–H groups in total. The molecule has 2 rings (SSSR count). The fourth-order valence-corrected chi connectivity index (χ4v) is 2.14. The number of hydrogen-bond acceptors (Lipinski definition) is 5.